The molecule has 0 atom stereocenters. The molecule has 0 saturated heterocycles. The van der Waals surface area contributed by atoms with Crippen LogP contribution in [0.5, 0.6) is 0 Å². The van der Waals surface area contributed by atoms with Gasteiger partial charge < -0.3 is 15.8 Å². The molecular weight excluding hydrogens is 275 g/mol. The number of esters is 1. The predicted molar refractivity (Wildman–Crippen MR) is 78.5 cm³/mol. The van der Waals surface area contributed by atoms with Gasteiger partial charge in [-0.3, -0.25) is 4.79 Å². The molecule has 0 aliphatic heterocycles. The van der Waals surface area contributed by atoms with Gasteiger partial charge in [-0.25, -0.2) is 9.18 Å². The van der Waals surface area contributed by atoms with Gasteiger partial charge in [-0.05, 0) is 37.6 Å². The number of hydrogen-bond acceptors (Lipinski definition) is 4. The number of amides is 1. The van der Waals surface area contributed by atoms with Crippen LogP contribution in [0.2, 0.25) is 0 Å². The molecule has 0 bridgehead atoms. The van der Waals surface area contributed by atoms with Crippen molar-refractivity contribution < 1.29 is 18.7 Å². The number of carbonyl (C=O) groups excluding carboxylic acids is 2. The molecule has 1 aromatic rings. The molecule has 0 radical (unpaired) electrons. The van der Waals surface area contributed by atoms with Crippen LogP contribution in [0.15, 0.2) is 18.2 Å². The SMILES string of the molecule is COC(=O)c1ccc(F)c(NC(=O)CCCCCCN)c1. The Labute approximate surface area is 123 Å². The highest BCUT2D eigenvalue weighted by Crippen LogP contribution is 2.17. The smallest absolute Gasteiger partial charge is 0.337 e. The van der Waals surface area contributed by atoms with E-state index in [1.54, 1.807) is 0 Å². The molecule has 0 saturated carbocycles. The van der Waals surface area contributed by atoms with Crippen molar-refractivity contribution in [2.45, 2.75) is 32.1 Å². The molecule has 0 aliphatic carbocycles. The van der Waals surface area contributed by atoms with Crippen LogP contribution in [0.4, 0.5) is 10.1 Å². The average molecular weight is 296 g/mol. The summed E-state index contributed by atoms with van der Waals surface area (Å²) in [5.41, 5.74) is 5.56. The Kier molecular flexibility index (Phi) is 7.39. The molecule has 5 nitrogen and oxygen atoms in total. The second-order valence-electron chi connectivity index (χ2n) is 4.69. The van der Waals surface area contributed by atoms with Crippen molar-refractivity contribution in [2.24, 2.45) is 5.73 Å². The van der Waals surface area contributed by atoms with E-state index in [2.05, 4.69) is 10.1 Å². The molecule has 0 spiro atoms. The maximum atomic E-state index is 13.6. The number of anilines is 1. The van der Waals surface area contributed by atoms with Crippen LogP contribution in [0.3, 0.4) is 0 Å². The normalized spacial score (nSPS) is 10.2. The molecule has 0 aliphatic rings. The van der Waals surface area contributed by atoms with Gasteiger partial charge in [-0.2, -0.15) is 0 Å². The molecule has 3 N–H and O–H groups in total. The summed E-state index contributed by atoms with van der Waals surface area (Å²) >= 11 is 0. The van der Waals surface area contributed by atoms with Crippen molar-refractivity contribution in [2.75, 3.05) is 19.0 Å². The highest BCUT2D eigenvalue weighted by atomic mass is 19.1. The number of hydrogen-bond donors (Lipinski definition) is 2. The third kappa shape index (κ3) is 5.91. The van der Waals surface area contributed by atoms with E-state index in [-0.39, 0.29) is 17.2 Å². The van der Waals surface area contributed by atoms with Crippen molar-refractivity contribution in [3.8, 4) is 0 Å². The zero-order valence-corrected chi connectivity index (χ0v) is 12.2. The van der Waals surface area contributed by atoms with Gasteiger partial charge in [0.15, 0.2) is 0 Å². The average Bonchev–Trinajstić information content (AvgIpc) is 2.48. The largest absolute Gasteiger partial charge is 0.465 e. The minimum absolute atomic E-state index is 0.00939. The maximum absolute atomic E-state index is 13.6. The standard InChI is InChI=1S/C15H21FN2O3/c1-21-15(20)11-7-8-12(16)13(10-11)18-14(19)6-4-2-3-5-9-17/h7-8,10H,2-6,9,17H2,1H3,(H,18,19). The van der Waals surface area contributed by atoms with Crippen molar-refractivity contribution in [3.63, 3.8) is 0 Å². The topological polar surface area (TPSA) is 81.4 Å². The van der Waals surface area contributed by atoms with Crippen LogP contribution in [-0.2, 0) is 9.53 Å². The number of ether oxygens (including phenoxy) is 1. The summed E-state index contributed by atoms with van der Waals surface area (Å²) < 4.78 is 18.2. The second-order valence-corrected chi connectivity index (χ2v) is 4.69. The summed E-state index contributed by atoms with van der Waals surface area (Å²) in [4.78, 5) is 23.1. The number of methoxy groups -OCH3 is 1. The lowest BCUT2D eigenvalue weighted by molar-refractivity contribution is -0.116. The fourth-order valence-corrected chi connectivity index (χ4v) is 1.86. The summed E-state index contributed by atoms with van der Waals surface area (Å²) in [5.74, 6) is -1.44. The summed E-state index contributed by atoms with van der Waals surface area (Å²) in [6.07, 6.45) is 3.87. The predicted octanol–water partition coefficient (Wildman–Crippen LogP) is 2.46. The van der Waals surface area contributed by atoms with Crippen LogP contribution in [0, 0.1) is 5.82 Å². The molecule has 21 heavy (non-hydrogen) atoms. The van der Waals surface area contributed by atoms with Crippen LogP contribution in [0.1, 0.15) is 42.5 Å². The summed E-state index contributed by atoms with van der Waals surface area (Å²) in [6, 6.07) is 3.71. The fraction of sp³-hybridized carbons (Fsp3) is 0.467. The summed E-state index contributed by atoms with van der Waals surface area (Å²) in [5, 5.41) is 2.47. The summed E-state index contributed by atoms with van der Waals surface area (Å²) in [6.45, 7) is 0.651. The van der Waals surface area contributed by atoms with Gasteiger partial charge >= 0.3 is 5.97 Å². The van der Waals surface area contributed by atoms with Crippen molar-refractivity contribution in [1.29, 1.82) is 0 Å². The zero-order chi connectivity index (χ0) is 15.7. The molecule has 1 amide bonds. The van der Waals surface area contributed by atoms with Crippen LogP contribution in [0.25, 0.3) is 0 Å². The van der Waals surface area contributed by atoms with Gasteiger partial charge in [0.1, 0.15) is 5.82 Å². The Bertz CT molecular complexity index is 492. The van der Waals surface area contributed by atoms with E-state index < -0.39 is 11.8 Å². The highest BCUT2D eigenvalue weighted by Gasteiger charge is 2.12. The number of unbranched alkanes of at least 4 members (excludes halogenated alkanes) is 3. The first-order chi connectivity index (χ1) is 10.1. The van der Waals surface area contributed by atoms with Crippen LogP contribution < -0.4 is 11.1 Å². The number of halogens is 1. The number of nitrogens with one attached hydrogen (secondary N) is 1. The molecular formula is C15H21FN2O3. The van der Waals surface area contributed by atoms with Crippen molar-refractivity contribution in [3.05, 3.63) is 29.6 Å². The van der Waals surface area contributed by atoms with Gasteiger partial charge in [0.2, 0.25) is 5.91 Å². The lowest BCUT2D eigenvalue weighted by Crippen LogP contribution is -2.13. The third-order valence-electron chi connectivity index (χ3n) is 3.02. The molecule has 1 rings (SSSR count). The molecule has 1 aromatic carbocycles. The van der Waals surface area contributed by atoms with E-state index in [9.17, 15) is 14.0 Å². The van der Waals surface area contributed by atoms with E-state index in [0.717, 1.165) is 31.7 Å². The molecule has 6 heteroatoms. The molecule has 0 unspecified atom stereocenters. The van der Waals surface area contributed by atoms with E-state index in [4.69, 9.17) is 5.73 Å². The number of carbonyl (C=O) groups is 2. The van der Waals surface area contributed by atoms with Crippen LogP contribution >= 0.6 is 0 Å². The van der Waals surface area contributed by atoms with Gasteiger partial charge in [-0.1, -0.05) is 12.8 Å². The van der Waals surface area contributed by atoms with Crippen molar-refractivity contribution >= 4 is 17.6 Å². The Morgan fingerprint density at radius 2 is 1.95 bits per heavy atom. The first-order valence-corrected chi connectivity index (χ1v) is 6.96. The van der Waals surface area contributed by atoms with E-state index in [1.807, 2.05) is 0 Å². The second kappa shape index (κ2) is 9.07. The highest BCUT2D eigenvalue weighted by molar-refractivity contribution is 5.94. The first kappa shape index (κ1) is 17.1. The van der Waals surface area contributed by atoms with Gasteiger partial charge in [0.25, 0.3) is 0 Å². The van der Waals surface area contributed by atoms with E-state index in [1.165, 1.54) is 19.2 Å². The quantitative estimate of drug-likeness (QED) is 0.570. The summed E-state index contributed by atoms with van der Waals surface area (Å²) in [7, 11) is 1.24. The minimum atomic E-state index is -0.584. The maximum Gasteiger partial charge on any atom is 0.337 e. The lowest BCUT2D eigenvalue weighted by Gasteiger charge is -2.08. The van der Waals surface area contributed by atoms with Gasteiger partial charge in [-0.15, -0.1) is 0 Å². The molecule has 0 aromatic heterocycles. The van der Waals surface area contributed by atoms with E-state index in [0.29, 0.717) is 13.0 Å². The third-order valence-corrected chi connectivity index (χ3v) is 3.02. The Hall–Kier alpha value is -1.95. The monoisotopic (exact) mass is 296 g/mol. The van der Waals surface area contributed by atoms with E-state index >= 15 is 0 Å². The first-order valence-electron chi connectivity index (χ1n) is 6.96. The Morgan fingerprint density at radius 1 is 1.24 bits per heavy atom. The Morgan fingerprint density at radius 3 is 2.62 bits per heavy atom. The van der Waals surface area contributed by atoms with Gasteiger partial charge in [0.05, 0.1) is 18.4 Å². The Balaban J connectivity index is 2.53. The molecule has 0 heterocycles. The number of nitrogens with two attached hydrogens (primary N) is 1. The van der Waals surface area contributed by atoms with Crippen LogP contribution in [-0.4, -0.2) is 25.5 Å². The van der Waals surface area contributed by atoms with Crippen molar-refractivity contribution in [1.82, 2.24) is 0 Å². The van der Waals surface area contributed by atoms with Gasteiger partial charge in [0, 0.05) is 6.42 Å². The fourth-order valence-electron chi connectivity index (χ4n) is 1.86. The minimum Gasteiger partial charge on any atom is -0.465 e. The lowest BCUT2D eigenvalue weighted by atomic mass is 10.1. The zero-order valence-electron chi connectivity index (χ0n) is 12.2. The number of rotatable bonds is 8. The molecule has 0 fully saturated rings. The number of benzene rings is 1. The molecule has 116 valence electrons.